The molecule has 5 nitrogen and oxygen atoms in total. The molecule has 0 radical (unpaired) electrons. The molecule has 1 aliphatic heterocycles. The Kier molecular flexibility index (Phi) is 5.29. The van der Waals surface area contributed by atoms with Gasteiger partial charge in [-0.2, -0.15) is 0 Å². The summed E-state index contributed by atoms with van der Waals surface area (Å²) in [7, 11) is 0. The maximum absolute atomic E-state index is 5.38. The zero-order valence-electron chi connectivity index (χ0n) is 13.4. The molecule has 120 valence electrons. The van der Waals surface area contributed by atoms with E-state index in [-0.39, 0.29) is 0 Å². The van der Waals surface area contributed by atoms with Crippen LogP contribution in [0.1, 0.15) is 19.8 Å². The molecular weight excluding hydrogens is 276 g/mol. The molecule has 1 saturated heterocycles. The first-order valence-corrected chi connectivity index (χ1v) is 8.37. The first-order chi connectivity index (χ1) is 10.9. The SMILES string of the molecule is CCCn1c(NCCCN2CCOCC2)nc2ccccc21. The van der Waals surface area contributed by atoms with E-state index in [0.717, 1.165) is 70.2 Å². The van der Waals surface area contributed by atoms with E-state index in [9.17, 15) is 0 Å². The van der Waals surface area contributed by atoms with Crippen molar-refractivity contribution in [3.05, 3.63) is 24.3 Å². The van der Waals surface area contributed by atoms with Crippen molar-refractivity contribution >= 4 is 17.0 Å². The van der Waals surface area contributed by atoms with Crippen LogP contribution in [0.4, 0.5) is 5.95 Å². The molecule has 0 amide bonds. The molecule has 1 aromatic carbocycles. The largest absolute Gasteiger partial charge is 0.379 e. The molecule has 0 bridgehead atoms. The smallest absolute Gasteiger partial charge is 0.203 e. The summed E-state index contributed by atoms with van der Waals surface area (Å²) < 4.78 is 7.68. The summed E-state index contributed by atoms with van der Waals surface area (Å²) in [5.41, 5.74) is 2.30. The van der Waals surface area contributed by atoms with E-state index in [1.165, 1.54) is 5.52 Å². The van der Waals surface area contributed by atoms with Crippen LogP contribution in [-0.2, 0) is 11.3 Å². The molecule has 0 aliphatic carbocycles. The number of morpholine rings is 1. The van der Waals surface area contributed by atoms with Crippen LogP contribution in [0.15, 0.2) is 24.3 Å². The number of hydrogen-bond acceptors (Lipinski definition) is 4. The lowest BCUT2D eigenvalue weighted by Crippen LogP contribution is -2.37. The minimum Gasteiger partial charge on any atom is -0.379 e. The minimum atomic E-state index is 0.875. The average Bonchev–Trinajstić information content (AvgIpc) is 2.91. The highest BCUT2D eigenvalue weighted by Gasteiger charge is 2.11. The summed E-state index contributed by atoms with van der Waals surface area (Å²) in [6.45, 7) is 9.18. The molecule has 0 atom stereocenters. The van der Waals surface area contributed by atoms with Gasteiger partial charge in [0.15, 0.2) is 0 Å². The third kappa shape index (κ3) is 3.59. The van der Waals surface area contributed by atoms with Gasteiger partial charge < -0.3 is 14.6 Å². The number of nitrogens with zero attached hydrogens (tertiary/aromatic N) is 3. The fraction of sp³-hybridized carbons (Fsp3) is 0.588. The molecule has 3 rings (SSSR count). The van der Waals surface area contributed by atoms with Gasteiger partial charge in [0.25, 0.3) is 0 Å². The highest BCUT2D eigenvalue weighted by atomic mass is 16.5. The van der Waals surface area contributed by atoms with Crippen molar-refractivity contribution < 1.29 is 4.74 Å². The van der Waals surface area contributed by atoms with Crippen molar-refractivity contribution in [1.82, 2.24) is 14.5 Å². The zero-order valence-corrected chi connectivity index (χ0v) is 13.4. The van der Waals surface area contributed by atoms with Crippen molar-refractivity contribution in [3.8, 4) is 0 Å². The Morgan fingerprint density at radius 1 is 1.18 bits per heavy atom. The van der Waals surface area contributed by atoms with Crippen LogP contribution in [0, 0.1) is 0 Å². The summed E-state index contributed by atoms with van der Waals surface area (Å²) in [5.74, 6) is 1.00. The van der Waals surface area contributed by atoms with Crippen molar-refractivity contribution in [3.63, 3.8) is 0 Å². The van der Waals surface area contributed by atoms with Crippen molar-refractivity contribution in [2.24, 2.45) is 0 Å². The number of aromatic nitrogens is 2. The Morgan fingerprint density at radius 3 is 2.82 bits per heavy atom. The standard InChI is InChI=1S/C17H26N4O/c1-2-9-21-16-7-4-3-6-15(16)19-17(21)18-8-5-10-20-11-13-22-14-12-20/h3-4,6-7H,2,5,8-14H2,1H3,(H,18,19). The molecule has 5 heteroatoms. The summed E-state index contributed by atoms with van der Waals surface area (Å²) in [5, 5.41) is 3.52. The van der Waals surface area contributed by atoms with Crippen LogP contribution in [-0.4, -0.2) is 53.8 Å². The van der Waals surface area contributed by atoms with E-state index < -0.39 is 0 Å². The highest BCUT2D eigenvalue weighted by molar-refractivity contribution is 5.78. The predicted molar refractivity (Wildman–Crippen MR) is 90.4 cm³/mol. The maximum atomic E-state index is 5.38. The van der Waals surface area contributed by atoms with E-state index in [0.29, 0.717) is 0 Å². The fourth-order valence-electron chi connectivity index (χ4n) is 2.99. The molecule has 0 unspecified atom stereocenters. The molecule has 1 fully saturated rings. The van der Waals surface area contributed by atoms with Gasteiger partial charge in [-0.15, -0.1) is 0 Å². The Balaban J connectivity index is 1.57. The van der Waals surface area contributed by atoms with Gasteiger partial charge in [-0.05, 0) is 31.5 Å². The van der Waals surface area contributed by atoms with Crippen LogP contribution >= 0.6 is 0 Å². The van der Waals surface area contributed by atoms with E-state index in [2.05, 4.69) is 39.9 Å². The molecule has 1 N–H and O–H groups in total. The Morgan fingerprint density at radius 2 is 2.00 bits per heavy atom. The van der Waals surface area contributed by atoms with Gasteiger partial charge >= 0.3 is 0 Å². The number of benzene rings is 1. The first-order valence-electron chi connectivity index (χ1n) is 8.37. The van der Waals surface area contributed by atoms with Crippen LogP contribution < -0.4 is 5.32 Å². The van der Waals surface area contributed by atoms with E-state index >= 15 is 0 Å². The predicted octanol–water partition coefficient (Wildman–Crippen LogP) is 2.58. The quantitative estimate of drug-likeness (QED) is 0.798. The van der Waals surface area contributed by atoms with Crippen LogP contribution in [0.25, 0.3) is 11.0 Å². The number of fused-ring (bicyclic) bond motifs is 1. The second kappa shape index (κ2) is 7.61. The number of aryl methyl sites for hydroxylation is 1. The topological polar surface area (TPSA) is 42.3 Å². The molecule has 22 heavy (non-hydrogen) atoms. The normalized spacial score (nSPS) is 16.2. The zero-order chi connectivity index (χ0) is 15.2. The molecule has 2 heterocycles. The molecule has 0 saturated carbocycles. The van der Waals surface area contributed by atoms with Gasteiger partial charge in [0.2, 0.25) is 5.95 Å². The number of hydrogen-bond donors (Lipinski definition) is 1. The van der Waals surface area contributed by atoms with Gasteiger partial charge in [0, 0.05) is 26.2 Å². The van der Waals surface area contributed by atoms with Crippen LogP contribution in [0.2, 0.25) is 0 Å². The summed E-state index contributed by atoms with van der Waals surface area (Å²) in [4.78, 5) is 7.21. The molecule has 2 aromatic rings. The lowest BCUT2D eigenvalue weighted by molar-refractivity contribution is 0.0378. The van der Waals surface area contributed by atoms with Gasteiger partial charge in [-0.1, -0.05) is 19.1 Å². The lowest BCUT2D eigenvalue weighted by atomic mass is 10.3. The highest BCUT2D eigenvalue weighted by Crippen LogP contribution is 2.19. The minimum absolute atomic E-state index is 0.875. The lowest BCUT2D eigenvalue weighted by Gasteiger charge is -2.26. The van der Waals surface area contributed by atoms with Gasteiger partial charge in [0.1, 0.15) is 0 Å². The van der Waals surface area contributed by atoms with Gasteiger partial charge in [-0.25, -0.2) is 4.98 Å². The monoisotopic (exact) mass is 302 g/mol. The molecule has 1 aromatic heterocycles. The molecule has 0 spiro atoms. The number of rotatable bonds is 7. The average molecular weight is 302 g/mol. The number of ether oxygens (including phenoxy) is 1. The van der Waals surface area contributed by atoms with E-state index in [1.54, 1.807) is 0 Å². The summed E-state index contributed by atoms with van der Waals surface area (Å²) in [6, 6.07) is 8.36. The Hall–Kier alpha value is -1.59. The Bertz CT molecular complexity index is 589. The van der Waals surface area contributed by atoms with Crippen molar-refractivity contribution in [2.45, 2.75) is 26.3 Å². The van der Waals surface area contributed by atoms with E-state index in [4.69, 9.17) is 9.72 Å². The fourth-order valence-corrected chi connectivity index (χ4v) is 2.99. The second-order valence-electron chi connectivity index (χ2n) is 5.81. The van der Waals surface area contributed by atoms with Crippen molar-refractivity contribution in [2.75, 3.05) is 44.7 Å². The third-order valence-corrected chi connectivity index (χ3v) is 4.14. The number of para-hydroxylation sites is 2. The molecular formula is C17H26N4O. The van der Waals surface area contributed by atoms with Gasteiger partial charge in [-0.3, -0.25) is 4.90 Å². The Labute approximate surface area is 132 Å². The number of imidazole rings is 1. The first kappa shape index (κ1) is 15.3. The second-order valence-corrected chi connectivity index (χ2v) is 5.81. The molecule has 1 aliphatic rings. The van der Waals surface area contributed by atoms with E-state index in [1.807, 2.05) is 6.07 Å². The number of anilines is 1. The van der Waals surface area contributed by atoms with Crippen molar-refractivity contribution in [1.29, 1.82) is 0 Å². The third-order valence-electron chi connectivity index (χ3n) is 4.14. The van der Waals surface area contributed by atoms with Crippen LogP contribution in [0.5, 0.6) is 0 Å². The summed E-state index contributed by atoms with van der Waals surface area (Å²) >= 11 is 0. The summed E-state index contributed by atoms with van der Waals surface area (Å²) in [6.07, 6.45) is 2.25. The maximum Gasteiger partial charge on any atom is 0.203 e. The number of nitrogens with one attached hydrogen (secondary N) is 1. The van der Waals surface area contributed by atoms with Gasteiger partial charge in [0.05, 0.1) is 24.2 Å². The van der Waals surface area contributed by atoms with Crippen LogP contribution in [0.3, 0.4) is 0 Å².